The third kappa shape index (κ3) is 4.21. The fraction of sp³-hybridized carbons (Fsp3) is 0.269. The van der Waals surface area contributed by atoms with Gasteiger partial charge in [-0.2, -0.15) is 0 Å². The van der Waals surface area contributed by atoms with Gasteiger partial charge in [0.25, 0.3) is 17.4 Å². The third-order valence-corrected chi connectivity index (χ3v) is 6.48. The van der Waals surface area contributed by atoms with Gasteiger partial charge in [-0.25, -0.2) is 4.98 Å². The van der Waals surface area contributed by atoms with Crippen molar-refractivity contribution in [2.24, 2.45) is 0 Å². The minimum absolute atomic E-state index is 0.00309. The number of benzene rings is 2. The minimum Gasteiger partial charge on any atom is -0.507 e. The smallest absolute Gasteiger partial charge is 0.295 e. The molecular weight excluding hydrogens is 464 g/mol. The Hall–Kier alpha value is -4.47. The van der Waals surface area contributed by atoms with E-state index < -0.39 is 22.7 Å². The SMILES string of the molecule is C[C@H]1Cc2cc(C(O)=C3C(=O)C(=O)N(CCCn4ccnc4)[C@@H]3c3cccc([N+](=O)[O-])c3)ccc2O1. The van der Waals surface area contributed by atoms with E-state index in [0.717, 1.165) is 5.56 Å². The molecule has 5 rings (SSSR count). The first-order chi connectivity index (χ1) is 17.3. The van der Waals surface area contributed by atoms with Gasteiger partial charge in [-0.3, -0.25) is 19.7 Å². The average Bonchev–Trinajstić information content (AvgIpc) is 3.57. The molecule has 2 atom stereocenters. The number of nitrogens with zero attached hydrogens (tertiary/aromatic N) is 4. The molecule has 1 saturated heterocycles. The number of carbonyl (C=O) groups is 2. The van der Waals surface area contributed by atoms with Gasteiger partial charge in [0.1, 0.15) is 17.6 Å². The van der Waals surface area contributed by atoms with E-state index in [2.05, 4.69) is 4.98 Å². The van der Waals surface area contributed by atoms with Crippen molar-refractivity contribution < 1.29 is 24.4 Å². The molecule has 1 N–H and O–H groups in total. The second-order valence-electron chi connectivity index (χ2n) is 8.95. The highest BCUT2D eigenvalue weighted by Gasteiger charge is 2.46. The summed E-state index contributed by atoms with van der Waals surface area (Å²) in [5.41, 5.74) is 1.41. The highest BCUT2D eigenvalue weighted by Crippen LogP contribution is 2.41. The maximum Gasteiger partial charge on any atom is 0.295 e. The van der Waals surface area contributed by atoms with Crippen molar-refractivity contribution in [1.82, 2.24) is 14.5 Å². The van der Waals surface area contributed by atoms with Crippen LogP contribution < -0.4 is 4.74 Å². The second-order valence-corrected chi connectivity index (χ2v) is 8.95. The molecule has 10 heteroatoms. The largest absolute Gasteiger partial charge is 0.507 e. The van der Waals surface area contributed by atoms with Crippen LogP contribution in [0.3, 0.4) is 0 Å². The molecule has 1 amide bonds. The number of hydrogen-bond acceptors (Lipinski definition) is 7. The van der Waals surface area contributed by atoms with Crippen molar-refractivity contribution in [3.8, 4) is 5.75 Å². The molecule has 2 aliphatic rings. The summed E-state index contributed by atoms with van der Waals surface area (Å²) < 4.78 is 7.58. The highest BCUT2D eigenvalue weighted by atomic mass is 16.6. The molecular formula is C26H24N4O6. The Bertz CT molecular complexity index is 1380. The maximum absolute atomic E-state index is 13.2. The van der Waals surface area contributed by atoms with Crippen LogP contribution in [0.4, 0.5) is 5.69 Å². The van der Waals surface area contributed by atoms with E-state index >= 15 is 0 Å². The zero-order chi connectivity index (χ0) is 25.4. The van der Waals surface area contributed by atoms with Crippen molar-refractivity contribution in [3.05, 3.63) is 93.6 Å². The molecule has 1 aromatic heterocycles. The summed E-state index contributed by atoms with van der Waals surface area (Å²) in [7, 11) is 0. The number of rotatable bonds is 7. The van der Waals surface area contributed by atoms with E-state index in [-0.39, 0.29) is 29.7 Å². The Balaban J connectivity index is 1.56. The number of nitro groups is 1. The lowest BCUT2D eigenvalue weighted by molar-refractivity contribution is -0.384. The number of hydrogen-bond donors (Lipinski definition) is 1. The number of aryl methyl sites for hydroxylation is 1. The number of aliphatic hydroxyl groups excluding tert-OH is 1. The van der Waals surface area contributed by atoms with Crippen molar-refractivity contribution in [3.63, 3.8) is 0 Å². The number of nitro benzene ring substituents is 1. The van der Waals surface area contributed by atoms with Crippen molar-refractivity contribution in [2.45, 2.75) is 38.5 Å². The summed E-state index contributed by atoms with van der Waals surface area (Å²) in [6, 6.07) is 9.98. The van der Waals surface area contributed by atoms with Crippen LogP contribution in [0, 0.1) is 10.1 Å². The van der Waals surface area contributed by atoms with Crippen LogP contribution in [0.2, 0.25) is 0 Å². The van der Waals surface area contributed by atoms with Gasteiger partial charge in [-0.1, -0.05) is 12.1 Å². The van der Waals surface area contributed by atoms with Gasteiger partial charge in [0.15, 0.2) is 0 Å². The number of Topliss-reactive ketones (excluding diaryl/α,β-unsaturated/α-hetero) is 1. The van der Waals surface area contributed by atoms with E-state index in [0.29, 0.717) is 36.3 Å². The molecule has 0 unspecified atom stereocenters. The lowest BCUT2D eigenvalue weighted by Gasteiger charge is -2.25. The molecule has 0 radical (unpaired) electrons. The summed E-state index contributed by atoms with van der Waals surface area (Å²) in [4.78, 5) is 42.6. The van der Waals surface area contributed by atoms with Crippen molar-refractivity contribution in [2.75, 3.05) is 6.54 Å². The molecule has 3 aromatic rings. The van der Waals surface area contributed by atoms with Crippen LogP contribution in [0.15, 0.2) is 66.8 Å². The summed E-state index contributed by atoms with van der Waals surface area (Å²) in [5, 5.41) is 22.7. The normalized spacial score (nSPS) is 20.4. The van der Waals surface area contributed by atoms with Gasteiger partial charge in [0.05, 0.1) is 22.9 Å². The number of ketones is 1. The van der Waals surface area contributed by atoms with Crippen LogP contribution >= 0.6 is 0 Å². The van der Waals surface area contributed by atoms with Crippen LogP contribution in [0.1, 0.15) is 36.1 Å². The Morgan fingerprint density at radius 3 is 2.81 bits per heavy atom. The van der Waals surface area contributed by atoms with Gasteiger partial charge < -0.3 is 19.3 Å². The number of non-ortho nitro benzene ring substituents is 1. The molecule has 2 aliphatic heterocycles. The fourth-order valence-electron chi connectivity index (χ4n) is 4.83. The second kappa shape index (κ2) is 9.29. The number of fused-ring (bicyclic) bond motifs is 1. The first-order valence-corrected chi connectivity index (χ1v) is 11.6. The number of imidazole rings is 1. The molecule has 184 valence electrons. The lowest BCUT2D eigenvalue weighted by Crippen LogP contribution is -2.31. The quantitative estimate of drug-likeness (QED) is 0.177. The topological polar surface area (TPSA) is 128 Å². The van der Waals surface area contributed by atoms with Crippen LogP contribution in [0.25, 0.3) is 5.76 Å². The van der Waals surface area contributed by atoms with E-state index in [1.54, 1.807) is 43.0 Å². The Morgan fingerprint density at radius 1 is 1.22 bits per heavy atom. The van der Waals surface area contributed by atoms with Gasteiger partial charge in [0.2, 0.25) is 0 Å². The van der Waals surface area contributed by atoms with Gasteiger partial charge in [-0.05, 0) is 42.7 Å². The zero-order valence-corrected chi connectivity index (χ0v) is 19.5. The lowest BCUT2D eigenvalue weighted by atomic mass is 9.94. The summed E-state index contributed by atoms with van der Waals surface area (Å²) in [6.07, 6.45) is 6.28. The maximum atomic E-state index is 13.2. The molecule has 0 bridgehead atoms. The molecule has 0 spiro atoms. The van der Waals surface area contributed by atoms with E-state index in [1.165, 1.54) is 23.1 Å². The van der Waals surface area contributed by atoms with Gasteiger partial charge >= 0.3 is 0 Å². The Kier molecular flexibility index (Phi) is 6.01. The first kappa shape index (κ1) is 23.3. The number of carbonyl (C=O) groups excluding carboxylic acids is 2. The Labute approximate surface area is 206 Å². The minimum atomic E-state index is -0.962. The zero-order valence-electron chi connectivity index (χ0n) is 19.5. The molecule has 1 fully saturated rings. The number of aliphatic hydroxyl groups is 1. The van der Waals surface area contributed by atoms with Crippen LogP contribution in [0.5, 0.6) is 5.75 Å². The van der Waals surface area contributed by atoms with Gasteiger partial charge in [0, 0.05) is 49.6 Å². The third-order valence-electron chi connectivity index (χ3n) is 6.48. The van der Waals surface area contributed by atoms with Crippen LogP contribution in [-0.4, -0.2) is 48.8 Å². The molecule has 0 saturated carbocycles. The van der Waals surface area contributed by atoms with E-state index in [1.807, 2.05) is 11.5 Å². The van der Waals surface area contributed by atoms with Crippen molar-refractivity contribution in [1.29, 1.82) is 0 Å². The molecule has 3 heterocycles. The molecule has 0 aliphatic carbocycles. The number of aromatic nitrogens is 2. The number of ether oxygens (including phenoxy) is 1. The average molecular weight is 489 g/mol. The predicted octanol–water partition coefficient (Wildman–Crippen LogP) is 3.63. The summed E-state index contributed by atoms with van der Waals surface area (Å²) in [6.45, 7) is 2.72. The highest BCUT2D eigenvalue weighted by molar-refractivity contribution is 6.46. The number of likely N-dealkylation sites (tertiary alicyclic amines) is 1. The fourth-order valence-corrected chi connectivity index (χ4v) is 4.83. The molecule has 36 heavy (non-hydrogen) atoms. The van der Waals surface area contributed by atoms with E-state index in [4.69, 9.17) is 4.74 Å². The van der Waals surface area contributed by atoms with Crippen LogP contribution in [-0.2, 0) is 22.6 Å². The van der Waals surface area contributed by atoms with E-state index in [9.17, 15) is 24.8 Å². The predicted molar refractivity (Wildman–Crippen MR) is 129 cm³/mol. The standard InChI is InChI=1S/C26H24N4O6/c1-16-12-19-13-18(6-7-21(19)36-16)24(31)22-23(17-4-2-5-20(14-17)30(34)35)29(26(33)25(22)32)10-3-9-28-11-8-27-15-28/h2,4-8,11,13-16,23,31H,3,9-10,12H2,1H3/t16-,23+/m0/s1. The molecule has 10 nitrogen and oxygen atoms in total. The number of amides is 1. The molecule has 2 aromatic carbocycles. The monoisotopic (exact) mass is 488 g/mol. The van der Waals surface area contributed by atoms with Gasteiger partial charge in [-0.15, -0.1) is 0 Å². The summed E-state index contributed by atoms with van der Waals surface area (Å²) in [5.74, 6) is -1.17. The summed E-state index contributed by atoms with van der Waals surface area (Å²) >= 11 is 0. The van der Waals surface area contributed by atoms with Crippen molar-refractivity contribution >= 4 is 23.1 Å². The first-order valence-electron chi connectivity index (χ1n) is 11.6. The Morgan fingerprint density at radius 2 is 2.06 bits per heavy atom.